The average molecular weight is 275 g/mol. The summed E-state index contributed by atoms with van der Waals surface area (Å²) < 4.78 is 6.40. The lowest BCUT2D eigenvalue weighted by Gasteiger charge is -2.14. The lowest BCUT2D eigenvalue weighted by molar-refractivity contribution is -0.0447. The lowest BCUT2D eigenvalue weighted by Crippen LogP contribution is -2.32. The van der Waals surface area contributed by atoms with Gasteiger partial charge in [-0.25, -0.2) is 4.79 Å². The molecule has 0 bridgehead atoms. The van der Waals surface area contributed by atoms with Crippen molar-refractivity contribution in [2.45, 2.75) is 18.4 Å². The summed E-state index contributed by atoms with van der Waals surface area (Å²) in [5, 5.41) is 18.8. The maximum Gasteiger partial charge on any atom is 0.330 e. The Morgan fingerprint density at radius 2 is 2.28 bits per heavy atom. The summed E-state index contributed by atoms with van der Waals surface area (Å²) in [5.74, 6) is 0. The molecule has 3 atom stereocenters. The molecule has 3 N–H and O–H groups in total. The largest absolute Gasteiger partial charge is 0.394 e. The van der Waals surface area contributed by atoms with Crippen LogP contribution in [0, 0.1) is 0 Å². The van der Waals surface area contributed by atoms with Gasteiger partial charge in [-0.3, -0.25) is 14.3 Å². The molecule has 18 heavy (non-hydrogen) atoms. The third-order valence-corrected chi connectivity index (χ3v) is 2.94. The predicted octanol–water partition coefficient (Wildman–Crippen LogP) is -1.09. The number of nitrogens with one attached hydrogen (secondary N) is 1. The standard InChI is InChI=1S/C10H11ClN2O5/c11-3-5-8(16)6(4-14)18-9(5)13-2-1-7(15)12-10(13)17/h1-3,6,8-9,14,16H,4H2,(H,12,15,17)/b5-3+/t6-,8?,9-/m0/s1. The highest BCUT2D eigenvalue weighted by Crippen LogP contribution is 2.33. The third kappa shape index (κ3) is 2.13. The van der Waals surface area contributed by atoms with Crippen LogP contribution in [0.15, 0.2) is 33.0 Å². The Morgan fingerprint density at radius 1 is 1.56 bits per heavy atom. The SMILES string of the molecule is O=c1ccn([C@H]2O[C@@H](CO)C(O)/C2=C\Cl)c(=O)[nH]1. The van der Waals surface area contributed by atoms with Gasteiger partial charge in [-0.15, -0.1) is 0 Å². The van der Waals surface area contributed by atoms with Crippen molar-refractivity contribution in [1.29, 1.82) is 0 Å². The molecule has 2 heterocycles. The summed E-state index contributed by atoms with van der Waals surface area (Å²) in [5.41, 5.74) is 0.117. The first kappa shape index (κ1) is 13.0. The molecule has 1 saturated heterocycles. The zero-order chi connectivity index (χ0) is 13.3. The van der Waals surface area contributed by atoms with Gasteiger partial charge in [0.1, 0.15) is 12.2 Å². The van der Waals surface area contributed by atoms with E-state index in [1.165, 1.54) is 6.20 Å². The topological polar surface area (TPSA) is 105 Å². The van der Waals surface area contributed by atoms with E-state index in [1.54, 1.807) is 0 Å². The van der Waals surface area contributed by atoms with Gasteiger partial charge in [-0.1, -0.05) is 11.6 Å². The molecule has 0 radical (unpaired) electrons. The second-order valence-corrected chi connectivity index (χ2v) is 4.00. The van der Waals surface area contributed by atoms with Crippen molar-refractivity contribution in [3.63, 3.8) is 0 Å². The van der Waals surface area contributed by atoms with Crippen LogP contribution in [0.2, 0.25) is 0 Å². The highest BCUT2D eigenvalue weighted by atomic mass is 35.5. The number of aliphatic hydroxyl groups excluding tert-OH is 2. The zero-order valence-corrected chi connectivity index (χ0v) is 9.87. The summed E-state index contributed by atoms with van der Waals surface area (Å²) in [6.45, 7) is -0.413. The van der Waals surface area contributed by atoms with Gasteiger partial charge in [0.2, 0.25) is 0 Å². The van der Waals surface area contributed by atoms with Crippen LogP contribution < -0.4 is 11.2 Å². The molecule has 1 aromatic rings. The first-order valence-electron chi connectivity index (χ1n) is 5.14. The minimum atomic E-state index is -1.10. The van der Waals surface area contributed by atoms with Crippen LogP contribution in [0.1, 0.15) is 6.23 Å². The number of rotatable bonds is 2. The fraction of sp³-hybridized carbons (Fsp3) is 0.400. The summed E-state index contributed by atoms with van der Waals surface area (Å²) in [7, 11) is 0. The van der Waals surface area contributed by atoms with Crippen LogP contribution in [0.25, 0.3) is 0 Å². The van der Waals surface area contributed by atoms with E-state index in [0.717, 1.165) is 16.2 Å². The van der Waals surface area contributed by atoms with Crippen molar-refractivity contribution in [3.05, 3.63) is 44.2 Å². The number of nitrogens with zero attached hydrogens (tertiary/aromatic N) is 1. The van der Waals surface area contributed by atoms with Gasteiger partial charge in [-0.05, 0) is 0 Å². The van der Waals surface area contributed by atoms with Crippen molar-refractivity contribution in [1.82, 2.24) is 9.55 Å². The molecule has 1 unspecified atom stereocenters. The van der Waals surface area contributed by atoms with Crippen LogP contribution in [0.5, 0.6) is 0 Å². The van der Waals surface area contributed by atoms with Gasteiger partial charge in [0, 0.05) is 23.4 Å². The van der Waals surface area contributed by atoms with Gasteiger partial charge in [0.05, 0.1) is 6.61 Å². The Bertz CT molecular complexity index is 578. The summed E-state index contributed by atoms with van der Waals surface area (Å²) in [4.78, 5) is 24.6. The number of halogens is 1. The van der Waals surface area contributed by atoms with E-state index >= 15 is 0 Å². The minimum absolute atomic E-state index is 0.241. The van der Waals surface area contributed by atoms with Gasteiger partial charge in [0.25, 0.3) is 5.56 Å². The quantitative estimate of drug-likeness (QED) is 0.636. The molecule has 1 fully saturated rings. The van der Waals surface area contributed by atoms with E-state index in [2.05, 4.69) is 4.98 Å². The number of H-pyrrole nitrogens is 1. The Balaban J connectivity index is 2.45. The van der Waals surface area contributed by atoms with Crippen LogP contribution >= 0.6 is 11.6 Å². The van der Waals surface area contributed by atoms with Crippen molar-refractivity contribution >= 4 is 11.6 Å². The molecule has 1 aromatic heterocycles. The second-order valence-electron chi connectivity index (χ2n) is 3.78. The van der Waals surface area contributed by atoms with E-state index < -0.39 is 36.3 Å². The Hall–Kier alpha value is -1.41. The number of aromatic amines is 1. The monoisotopic (exact) mass is 274 g/mol. The van der Waals surface area contributed by atoms with Crippen molar-refractivity contribution < 1.29 is 14.9 Å². The molecule has 0 aliphatic carbocycles. The highest BCUT2D eigenvalue weighted by Gasteiger charge is 2.39. The van der Waals surface area contributed by atoms with Crippen LogP contribution in [-0.2, 0) is 4.74 Å². The van der Waals surface area contributed by atoms with E-state index in [-0.39, 0.29) is 5.57 Å². The minimum Gasteiger partial charge on any atom is -0.394 e. The van der Waals surface area contributed by atoms with Gasteiger partial charge < -0.3 is 14.9 Å². The summed E-state index contributed by atoms with van der Waals surface area (Å²) in [6.07, 6.45) is -1.67. The summed E-state index contributed by atoms with van der Waals surface area (Å²) >= 11 is 5.58. The third-order valence-electron chi connectivity index (χ3n) is 2.69. The first-order chi connectivity index (χ1) is 8.58. The first-order valence-corrected chi connectivity index (χ1v) is 5.58. The van der Waals surface area contributed by atoms with Crippen molar-refractivity contribution in [2.24, 2.45) is 0 Å². The van der Waals surface area contributed by atoms with Crippen molar-refractivity contribution in [3.8, 4) is 0 Å². The van der Waals surface area contributed by atoms with Gasteiger partial charge in [0.15, 0.2) is 6.23 Å². The fourth-order valence-corrected chi connectivity index (χ4v) is 2.02. The predicted molar refractivity (Wildman–Crippen MR) is 62.3 cm³/mol. The summed E-state index contributed by atoms with van der Waals surface area (Å²) in [6, 6.07) is 1.15. The molecule has 0 aromatic carbocycles. The highest BCUT2D eigenvalue weighted by molar-refractivity contribution is 6.25. The fourth-order valence-electron chi connectivity index (χ4n) is 1.78. The Labute approximate surface area is 106 Å². The van der Waals surface area contributed by atoms with E-state index in [1.807, 2.05) is 0 Å². The van der Waals surface area contributed by atoms with Crippen molar-refractivity contribution in [2.75, 3.05) is 6.61 Å². The molecule has 8 heteroatoms. The van der Waals surface area contributed by atoms with E-state index in [0.29, 0.717) is 0 Å². The smallest absolute Gasteiger partial charge is 0.330 e. The molecule has 7 nitrogen and oxygen atoms in total. The molecule has 0 saturated carbocycles. The molecule has 2 rings (SSSR count). The molecular weight excluding hydrogens is 264 g/mol. The number of ether oxygens (including phenoxy) is 1. The normalized spacial score (nSPS) is 29.9. The number of hydrogen-bond acceptors (Lipinski definition) is 5. The van der Waals surface area contributed by atoms with Crippen LogP contribution in [0.4, 0.5) is 0 Å². The molecule has 1 aliphatic heterocycles. The molecule has 0 spiro atoms. The number of hydrogen-bond donors (Lipinski definition) is 3. The maximum atomic E-state index is 11.6. The Morgan fingerprint density at radius 3 is 2.83 bits per heavy atom. The number of aliphatic hydroxyl groups is 2. The van der Waals surface area contributed by atoms with E-state index in [4.69, 9.17) is 21.4 Å². The second kappa shape index (κ2) is 5.07. The number of aromatic nitrogens is 2. The maximum absolute atomic E-state index is 11.6. The zero-order valence-electron chi connectivity index (χ0n) is 9.12. The molecular formula is C10H11ClN2O5. The van der Waals surface area contributed by atoms with Gasteiger partial charge >= 0.3 is 5.69 Å². The van der Waals surface area contributed by atoms with E-state index in [9.17, 15) is 14.7 Å². The lowest BCUT2D eigenvalue weighted by atomic mass is 10.1. The molecule has 1 aliphatic rings. The Kier molecular flexibility index (Phi) is 3.67. The molecule has 98 valence electrons. The van der Waals surface area contributed by atoms with Crippen LogP contribution in [-0.4, -0.2) is 38.6 Å². The van der Waals surface area contributed by atoms with Crippen LogP contribution in [0.3, 0.4) is 0 Å². The molecule has 0 amide bonds. The van der Waals surface area contributed by atoms with Gasteiger partial charge in [-0.2, -0.15) is 0 Å². The average Bonchev–Trinajstić information content (AvgIpc) is 2.65.